The van der Waals surface area contributed by atoms with Gasteiger partial charge in [-0.2, -0.15) is 0 Å². The first-order valence-corrected chi connectivity index (χ1v) is 11.5. The monoisotopic (exact) mass is 457 g/mol. The molecule has 0 bridgehead atoms. The van der Waals surface area contributed by atoms with Gasteiger partial charge >= 0.3 is 0 Å². The van der Waals surface area contributed by atoms with Gasteiger partial charge in [0.15, 0.2) is 0 Å². The minimum Gasteiger partial charge on any atom is -0.383 e. The Morgan fingerprint density at radius 1 is 1.34 bits per heavy atom. The zero-order valence-electron chi connectivity index (χ0n) is 18.0. The van der Waals surface area contributed by atoms with Crippen molar-refractivity contribution in [2.45, 2.75) is 31.5 Å². The van der Waals surface area contributed by atoms with Gasteiger partial charge in [-0.15, -0.1) is 16.4 Å². The zero-order valence-corrected chi connectivity index (χ0v) is 18.8. The van der Waals surface area contributed by atoms with Crippen LogP contribution in [-0.4, -0.2) is 71.2 Å². The fraction of sp³-hybridized carbons (Fsp3) is 0.455. The van der Waals surface area contributed by atoms with Crippen molar-refractivity contribution >= 4 is 34.2 Å². The van der Waals surface area contributed by atoms with E-state index in [-0.39, 0.29) is 24.5 Å². The summed E-state index contributed by atoms with van der Waals surface area (Å²) in [6, 6.07) is 10.5. The number of carbonyl (C=O) groups is 2. The summed E-state index contributed by atoms with van der Waals surface area (Å²) >= 11 is 1.45. The van der Waals surface area contributed by atoms with Crippen LogP contribution in [0.2, 0.25) is 0 Å². The van der Waals surface area contributed by atoms with Crippen molar-refractivity contribution in [3.8, 4) is 0 Å². The predicted molar refractivity (Wildman–Crippen MR) is 120 cm³/mol. The molecule has 1 N–H and O–H groups in total. The van der Waals surface area contributed by atoms with E-state index in [1.54, 1.807) is 16.7 Å². The molecule has 0 spiro atoms. The van der Waals surface area contributed by atoms with Gasteiger partial charge in [-0.25, -0.2) is 4.68 Å². The largest absolute Gasteiger partial charge is 0.383 e. The van der Waals surface area contributed by atoms with E-state index >= 15 is 0 Å². The Bertz CT molecular complexity index is 1030. The second-order valence-electron chi connectivity index (χ2n) is 7.62. The minimum atomic E-state index is -0.752. The predicted octanol–water partition coefficient (Wildman–Crippen LogP) is 2.00. The van der Waals surface area contributed by atoms with Gasteiger partial charge in [-0.05, 0) is 36.4 Å². The normalized spacial score (nSPS) is 16.8. The van der Waals surface area contributed by atoms with Crippen LogP contribution >= 0.6 is 11.3 Å². The summed E-state index contributed by atoms with van der Waals surface area (Å²) in [5.41, 5.74) is 1.49. The van der Waals surface area contributed by atoms with Gasteiger partial charge in [-0.1, -0.05) is 23.4 Å². The van der Waals surface area contributed by atoms with Crippen molar-refractivity contribution in [3.63, 3.8) is 0 Å². The van der Waals surface area contributed by atoms with Gasteiger partial charge in [0.1, 0.15) is 18.1 Å². The molecule has 1 fully saturated rings. The van der Waals surface area contributed by atoms with E-state index in [0.29, 0.717) is 26.3 Å². The molecule has 0 saturated carbocycles. The molecule has 3 heterocycles. The third kappa shape index (κ3) is 5.14. The molecule has 1 saturated heterocycles. The lowest BCUT2D eigenvalue weighted by atomic mass is 10.1. The van der Waals surface area contributed by atoms with Crippen molar-refractivity contribution in [2.75, 3.05) is 33.4 Å². The van der Waals surface area contributed by atoms with Crippen LogP contribution in [0.1, 0.15) is 23.8 Å². The second kappa shape index (κ2) is 10.7. The van der Waals surface area contributed by atoms with Crippen molar-refractivity contribution in [1.82, 2.24) is 25.2 Å². The number of rotatable bonds is 10. The lowest BCUT2D eigenvalue weighted by Gasteiger charge is -2.32. The fourth-order valence-corrected chi connectivity index (χ4v) is 4.69. The van der Waals surface area contributed by atoms with Crippen LogP contribution in [0.15, 0.2) is 41.8 Å². The summed E-state index contributed by atoms with van der Waals surface area (Å²) in [7, 11) is 1.58. The van der Waals surface area contributed by atoms with E-state index < -0.39 is 6.04 Å². The number of para-hydroxylation sites is 1. The molecule has 170 valence electrons. The Balaban J connectivity index is 1.62. The topological polar surface area (TPSA) is 98.6 Å². The molecule has 2 atom stereocenters. The maximum Gasteiger partial charge on any atom is 0.248 e. The van der Waals surface area contributed by atoms with Crippen molar-refractivity contribution < 1.29 is 19.1 Å². The van der Waals surface area contributed by atoms with E-state index in [1.807, 2.05) is 41.8 Å². The van der Waals surface area contributed by atoms with Crippen molar-refractivity contribution in [3.05, 3.63) is 46.7 Å². The molecular formula is C22H27N5O4S. The summed E-state index contributed by atoms with van der Waals surface area (Å²) in [6.45, 7) is 1.76. The Hall–Kier alpha value is -2.82. The van der Waals surface area contributed by atoms with E-state index in [2.05, 4.69) is 15.6 Å². The van der Waals surface area contributed by atoms with Gasteiger partial charge in [0.25, 0.3) is 0 Å². The Kier molecular flexibility index (Phi) is 7.46. The third-order valence-electron chi connectivity index (χ3n) is 5.43. The molecule has 2 amide bonds. The average molecular weight is 458 g/mol. The summed E-state index contributed by atoms with van der Waals surface area (Å²) in [6.07, 6.45) is 1.71. The molecule has 9 nitrogen and oxygen atoms in total. The number of fused-ring (bicyclic) bond motifs is 1. The number of amides is 2. The molecule has 10 heteroatoms. The standard InChI is InChI=1S/C22H27N5O4S/c1-30-12-10-23-22(29)21(19-9-5-13-32-19)26(14-16-6-4-11-31-16)20(28)15-27-18-8-3-2-7-17(18)24-25-27/h2-3,5,7-9,13,16,21H,4,6,10-12,14-15H2,1H3,(H,23,29)/t16-,21+/m1/s1. The van der Waals surface area contributed by atoms with Crippen LogP contribution in [0, 0.1) is 0 Å². The number of benzene rings is 1. The molecule has 0 unspecified atom stereocenters. The Morgan fingerprint density at radius 2 is 2.22 bits per heavy atom. The summed E-state index contributed by atoms with van der Waals surface area (Å²) in [4.78, 5) is 29.2. The molecule has 0 radical (unpaired) electrons. The quantitative estimate of drug-likeness (QED) is 0.468. The summed E-state index contributed by atoms with van der Waals surface area (Å²) in [5, 5.41) is 13.1. The number of hydrogen-bond donors (Lipinski definition) is 1. The van der Waals surface area contributed by atoms with Crippen molar-refractivity contribution in [1.29, 1.82) is 0 Å². The molecule has 3 aromatic rings. The van der Waals surface area contributed by atoms with Gasteiger partial charge in [0.2, 0.25) is 11.8 Å². The number of nitrogens with zero attached hydrogens (tertiary/aromatic N) is 4. The number of thiophene rings is 1. The van der Waals surface area contributed by atoms with E-state index in [0.717, 1.165) is 28.8 Å². The highest BCUT2D eigenvalue weighted by Gasteiger charge is 2.35. The Labute approximate surface area is 190 Å². The molecule has 4 rings (SSSR count). The van der Waals surface area contributed by atoms with E-state index in [4.69, 9.17) is 9.47 Å². The first-order valence-electron chi connectivity index (χ1n) is 10.7. The third-order valence-corrected chi connectivity index (χ3v) is 6.35. The average Bonchev–Trinajstić information content (AvgIpc) is 3.57. The van der Waals surface area contributed by atoms with Gasteiger partial charge in [0.05, 0.1) is 18.2 Å². The van der Waals surface area contributed by atoms with Crippen LogP contribution in [-0.2, 0) is 25.6 Å². The van der Waals surface area contributed by atoms with Gasteiger partial charge in [0, 0.05) is 31.7 Å². The number of aromatic nitrogens is 3. The lowest BCUT2D eigenvalue weighted by molar-refractivity contribution is -0.143. The molecular weight excluding hydrogens is 430 g/mol. The molecule has 2 aromatic heterocycles. The Morgan fingerprint density at radius 3 is 2.97 bits per heavy atom. The SMILES string of the molecule is COCCNC(=O)[C@H](c1cccs1)N(C[C@H]1CCCO1)C(=O)Cn1nnc2ccccc21. The van der Waals surface area contributed by atoms with Gasteiger partial charge in [-0.3, -0.25) is 9.59 Å². The van der Waals surface area contributed by atoms with Crippen LogP contribution < -0.4 is 5.32 Å². The maximum atomic E-state index is 13.6. The van der Waals surface area contributed by atoms with Crippen molar-refractivity contribution in [2.24, 2.45) is 0 Å². The first kappa shape index (κ1) is 22.4. The molecule has 0 aliphatic carbocycles. The van der Waals surface area contributed by atoms with Crippen LogP contribution in [0.25, 0.3) is 11.0 Å². The zero-order chi connectivity index (χ0) is 22.3. The number of ether oxygens (including phenoxy) is 2. The minimum absolute atomic E-state index is 0.0134. The van der Waals surface area contributed by atoms with E-state index in [9.17, 15) is 9.59 Å². The number of carbonyl (C=O) groups excluding carboxylic acids is 2. The lowest BCUT2D eigenvalue weighted by Crippen LogP contribution is -2.48. The molecule has 1 aliphatic heterocycles. The van der Waals surface area contributed by atoms with Gasteiger partial charge < -0.3 is 19.7 Å². The number of methoxy groups -OCH3 is 1. The highest BCUT2D eigenvalue weighted by Crippen LogP contribution is 2.28. The van der Waals surface area contributed by atoms with Crippen LogP contribution in [0.5, 0.6) is 0 Å². The molecule has 1 aromatic carbocycles. The highest BCUT2D eigenvalue weighted by molar-refractivity contribution is 7.10. The summed E-state index contributed by atoms with van der Waals surface area (Å²) in [5.74, 6) is -0.448. The number of nitrogens with one attached hydrogen (secondary N) is 1. The maximum absolute atomic E-state index is 13.6. The summed E-state index contributed by atoms with van der Waals surface area (Å²) < 4.78 is 12.4. The van der Waals surface area contributed by atoms with E-state index in [1.165, 1.54) is 11.3 Å². The van der Waals surface area contributed by atoms with Crippen LogP contribution in [0.3, 0.4) is 0 Å². The number of hydrogen-bond acceptors (Lipinski definition) is 7. The smallest absolute Gasteiger partial charge is 0.248 e. The first-order chi connectivity index (χ1) is 15.7. The molecule has 1 aliphatic rings. The molecule has 32 heavy (non-hydrogen) atoms. The van der Waals surface area contributed by atoms with Crippen LogP contribution in [0.4, 0.5) is 0 Å². The second-order valence-corrected chi connectivity index (χ2v) is 8.60. The fourth-order valence-electron chi connectivity index (χ4n) is 3.86. The highest BCUT2D eigenvalue weighted by atomic mass is 32.1.